The molecule has 1 amide bonds. The fraction of sp³-hybridized carbons (Fsp3) is 0.636. The van der Waals surface area contributed by atoms with Crippen molar-refractivity contribution in [2.45, 2.75) is 20.3 Å². The summed E-state index contributed by atoms with van der Waals surface area (Å²) in [6, 6.07) is 0. The second-order valence-electron chi connectivity index (χ2n) is 4.23. The molecule has 88 valence electrons. The zero-order chi connectivity index (χ0) is 11.7. The van der Waals surface area contributed by atoms with E-state index in [0.29, 0.717) is 12.2 Å². The van der Waals surface area contributed by atoms with Crippen molar-refractivity contribution in [1.82, 2.24) is 9.88 Å². The average molecular weight is 240 g/mol. The molecule has 0 spiro atoms. The molecule has 0 saturated carbocycles. The van der Waals surface area contributed by atoms with Gasteiger partial charge in [0, 0.05) is 30.5 Å². The maximum atomic E-state index is 12.1. The van der Waals surface area contributed by atoms with Crippen molar-refractivity contribution in [3.05, 3.63) is 15.6 Å². The van der Waals surface area contributed by atoms with Gasteiger partial charge in [-0.2, -0.15) is 0 Å². The van der Waals surface area contributed by atoms with Crippen LogP contribution in [0.1, 0.15) is 26.8 Å². The summed E-state index contributed by atoms with van der Waals surface area (Å²) in [5.41, 5.74) is 0.584. The molecule has 1 unspecified atom stereocenters. The number of aliphatic hydroxyl groups is 1. The molecule has 0 aliphatic carbocycles. The number of carbonyl (C=O) groups is 1. The molecule has 0 aromatic carbocycles. The molecule has 1 saturated heterocycles. The van der Waals surface area contributed by atoms with Gasteiger partial charge in [-0.25, -0.2) is 4.98 Å². The van der Waals surface area contributed by atoms with E-state index >= 15 is 0 Å². The molecule has 2 rings (SSSR count). The standard InChI is InChI=1S/C11H16N2O2S/c1-7-10(12-8(2)16-7)11(15)13-4-3-9(5-13)6-14/h9,14H,3-6H2,1-2H3. The number of rotatable bonds is 2. The molecular formula is C11H16N2O2S. The third-order valence-electron chi connectivity index (χ3n) is 2.94. The number of amides is 1. The van der Waals surface area contributed by atoms with Crippen LogP contribution in [0, 0.1) is 19.8 Å². The minimum atomic E-state index is 0.0119. The highest BCUT2D eigenvalue weighted by Crippen LogP contribution is 2.22. The SMILES string of the molecule is Cc1nc(C(=O)N2CCC(CO)C2)c(C)s1. The van der Waals surface area contributed by atoms with Gasteiger partial charge in [0.15, 0.2) is 0 Å². The molecule has 5 heteroatoms. The van der Waals surface area contributed by atoms with Crippen LogP contribution in [0.3, 0.4) is 0 Å². The molecule has 1 aliphatic heterocycles. The molecule has 4 nitrogen and oxygen atoms in total. The largest absolute Gasteiger partial charge is 0.396 e. The minimum absolute atomic E-state index is 0.0119. The smallest absolute Gasteiger partial charge is 0.273 e. The summed E-state index contributed by atoms with van der Waals surface area (Å²) in [6.07, 6.45) is 0.893. The number of carbonyl (C=O) groups excluding carboxylic acids is 1. The molecule has 1 aromatic rings. The third kappa shape index (κ3) is 2.10. The lowest BCUT2D eigenvalue weighted by Gasteiger charge is -2.14. The van der Waals surface area contributed by atoms with E-state index < -0.39 is 0 Å². The molecule has 0 radical (unpaired) electrons. The van der Waals surface area contributed by atoms with Gasteiger partial charge in [-0.05, 0) is 20.3 Å². The molecule has 16 heavy (non-hydrogen) atoms. The number of hydrogen-bond acceptors (Lipinski definition) is 4. The molecule has 1 fully saturated rings. The van der Waals surface area contributed by atoms with E-state index in [1.807, 2.05) is 13.8 Å². The Hall–Kier alpha value is -0.940. The van der Waals surface area contributed by atoms with Crippen LogP contribution in [0.4, 0.5) is 0 Å². The normalized spacial score (nSPS) is 20.4. The van der Waals surface area contributed by atoms with E-state index in [1.54, 1.807) is 16.2 Å². The van der Waals surface area contributed by atoms with Gasteiger partial charge in [0.05, 0.1) is 5.01 Å². The number of aryl methyl sites for hydroxylation is 2. The molecule has 0 bridgehead atoms. The molecule has 2 heterocycles. The van der Waals surface area contributed by atoms with Crippen LogP contribution in [-0.2, 0) is 0 Å². The Labute approximate surface area is 98.9 Å². The quantitative estimate of drug-likeness (QED) is 0.845. The summed E-state index contributed by atoms with van der Waals surface area (Å²) in [4.78, 5) is 19.2. The number of thiazole rings is 1. The topological polar surface area (TPSA) is 53.4 Å². The van der Waals surface area contributed by atoms with Crippen molar-refractivity contribution in [2.75, 3.05) is 19.7 Å². The fourth-order valence-corrected chi connectivity index (χ4v) is 2.85. The summed E-state index contributed by atoms with van der Waals surface area (Å²) >= 11 is 1.55. The van der Waals surface area contributed by atoms with Gasteiger partial charge in [0.2, 0.25) is 0 Å². The molecule has 1 aromatic heterocycles. The van der Waals surface area contributed by atoms with Gasteiger partial charge in [0.25, 0.3) is 5.91 Å². The van der Waals surface area contributed by atoms with Crippen LogP contribution in [0.25, 0.3) is 0 Å². The Bertz CT molecular complexity index is 403. The predicted octanol–water partition coefficient (Wildman–Crippen LogP) is 1.21. The first-order valence-corrected chi connectivity index (χ1v) is 6.27. The van der Waals surface area contributed by atoms with E-state index in [-0.39, 0.29) is 18.4 Å². The maximum absolute atomic E-state index is 12.1. The molecule has 1 N–H and O–H groups in total. The summed E-state index contributed by atoms with van der Waals surface area (Å²) in [7, 11) is 0. The fourth-order valence-electron chi connectivity index (χ4n) is 2.04. The number of hydrogen-bond donors (Lipinski definition) is 1. The van der Waals surface area contributed by atoms with Gasteiger partial charge < -0.3 is 10.0 Å². The van der Waals surface area contributed by atoms with E-state index in [1.165, 1.54) is 0 Å². The zero-order valence-electron chi connectivity index (χ0n) is 9.56. The second-order valence-corrected chi connectivity index (χ2v) is 5.63. The van der Waals surface area contributed by atoms with E-state index in [2.05, 4.69) is 4.98 Å². The summed E-state index contributed by atoms with van der Waals surface area (Å²) in [5, 5.41) is 9.97. The number of nitrogens with zero attached hydrogens (tertiary/aromatic N) is 2. The van der Waals surface area contributed by atoms with Crippen molar-refractivity contribution in [3.8, 4) is 0 Å². The monoisotopic (exact) mass is 240 g/mol. The van der Waals surface area contributed by atoms with Crippen molar-refractivity contribution in [3.63, 3.8) is 0 Å². The van der Waals surface area contributed by atoms with Gasteiger partial charge in [-0.1, -0.05) is 0 Å². The highest BCUT2D eigenvalue weighted by molar-refractivity contribution is 7.11. The molecule has 1 aliphatic rings. The molecular weight excluding hydrogens is 224 g/mol. The lowest BCUT2D eigenvalue weighted by atomic mass is 10.1. The zero-order valence-corrected chi connectivity index (χ0v) is 10.4. The Morgan fingerprint density at radius 1 is 1.62 bits per heavy atom. The lowest BCUT2D eigenvalue weighted by molar-refractivity contribution is 0.0776. The van der Waals surface area contributed by atoms with Gasteiger partial charge in [-0.3, -0.25) is 4.79 Å². The first-order chi connectivity index (χ1) is 7.61. The summed E-state index contributed by atoms with van der Waals surface area (Å²) in [5.74, 6) is 0.252. The van der Waals surface area contributed by atoms with E-state index in [0.717, 1.165) is 22.9 Å². The Morgan fingerprint density at radius 3 is 2.88 bits per heavy atom. The van der Waals surface area contributed by atoms with Crippen LogP contribution < -0.4 is 0 Å². The van der Waals surface area contributed by atoms with Crippen LogP contribution in [-0.4, -0.2) is 40.6 Å². The first kappa shape index (κ1) is 11.5. The Kier molecular flexibility index (Phi) is 3.25. The lowest BCUT2D eigenvalue weighted by Crippen LogP contribution is -2.29. The van der Waals surface area contributed by atoms with E-state index in [9.17, 15) is 4.79 Å². The Balaban J connectivity index is 2.11. The number of aromatic nitrogens is 1. The van der Waals surface area contributed by atoms with Crippen LogP contribution >= 0.6 is 11.3 Å². The van der Waals surface area contributed by atoms with Gasteiger partial charge >= 0.3 is 0 Å². The number of likely N-dealkylation sites (tertiary alicyclic amines) is 1. The predicted molar refractivity (Wildman–Crippen MR) is 62.7 cm³/mol. The average Bonchev–Trinajstić information content (AvgIpc) is 2.84. The van der Waals surface area contributed by atoms with Crippen molar-refractivity contribution in [1.29, 1.82) is 0 Å². The Morgan fingerprint density at radius 2 is 2.38 bits per heavy atom. The van der Waals surface area contributed by atoms with Crippen molar-refractivity contribution >= 4 is 17.2 Å². The van der Waals surface area contributed by atoms with Gasteiger partial charge in [-0.15, -0.1) is 11.3 Å². The highest BCUT2D eigenvalue weighted by atomic mass is 32.1. The van der Waals surface area contributed by atoms with Gasteiger partial charge in [0.1, 0.15) is 5.69 Å². The minimum Gasteiger partial charge on any atom is -0.396 e. The van der Waals surface area contributed by atoms with Crippen LogP contribution in [0.2, 0.25) is 0 Å². The molecule has 1 atom stereocenters. The number of aliphatic hydroxyl groups excluding tert-OH is 1. The summed E-state index contributed by atoms with van der Waals surface area (Å²) in [6.45, 7) is 5.40. The van der Waals surface area contributed by atoms with E-state index in [4.69, 9.17) is 5.11 Å². The van der Waals surface area contributed by atoms with Crippen molar-refractivity contribution < 1.29 is 9.90 Å². The third-order valence-corrected chi connectivity index (χ3v) is 3.82. The second kappa shape index (κ2) is 4.51. The first-order valence-electron chi connectivity index (χ1n) is 5.46. The maximum Gasteiger partial charge on any atom is 0.273 e. The summed E-state index contributed by atoms with van der Waals surface area (Å²) < 4.78 is 0. The highest BCUT2D eigenvalue weighted by Gasteiger charge is 2.28. The van der Waals surface area contributed by atoms with Crippen LogP contribution in [0.5, 0.6) is 0 Å². The van der Waals surface area contributed by atoms with Crippen LogP contribution in [0.15, 0.2) is 0 Å². The van der Waals surface area contributed by atoms with Crippen molar-refractivity contribution in [2.24, 2.45) is 5.92 Å².